The highest BCUT2D eigenvalue weighted by Gasteiger charge is 2.07. The molecule has 0 unspecified atom stereocenters. The molecule has 0 spiro atoms. The monoisotopic (exact) mass is 234 g/mol. The third-order valence-electron chi connectivity index (χ3n) is 2.85. The minimum Gasteiger partial charge on any atom is -0.372 e. The van der Waals surface area contributed by atoms with Gasteiger partial charge >= 0.3 is 0 Å². The largest absolute Gasteiger partial charge is 0.372 e. The van der Waals surface area contributed by atoms with Gasteiger partial charge in [0.25, 0.3) is 0 Å². The molecular formula is C13H15ClN2. The zero-order chi connectivity index (χ0) is 11.7. The molecule has 1 heterocycles. The van der Waals surface area contributed by atoms with Gasteiger partial charge in [-0.1, -0.05) is 11.6 Å². The van der Waals surface area contributed by atoms with Gasteiger partial charge in [0, 0.05) is 30.4 Å². The van der Waals surface area contributed by atoms with E-state index in [-0.39, 0.29) is 0 Å². The van der Waals surface area contributed by atoms with Crippen molar-refractivity contribution in [1.82, 2.24) is 4.98 Å². The van der Waals surface area contributed by atoms with E-state index in [1.54, 1.807) is 6.20 Å². The van der Waals surface area contributed by atoms with Crippen LogP contribution in [0.1, 0.15) is 13.8 Å². The smallest absolute Gasteiger partial charge is 0.0737 e. The lowest BCUT2D eigenvalue weighted by molar-refractivity contribution is 0.755. The lowest BCUT2D eigenvalue weighted by Crippen LogP contribution is -2.25. The van der Waals surface area contributed by atoms with Crippen molar-refractivity contribution >= 4 is 28.2 Å². The molecule has 0 bridgehead atoms. The van der Waals surface area contributed by atoms with E-state index in [1.165, 1.54) is 0 Å². The normalized spacial score (nSPS) is 11.1. The number of anilines is 1. The Balaban J connectivity index is 2.53. The van der Waals surface area contributed by atoms with Crippen molar-refractivity contribution in [1.29, 1.82) is 0 Å². The van der Waals surface area contributed by atoms with Crippen molar-refractivity contribution in [3.05, 3.63) is 35.5 Å². The molecule has 0 radical (unpaired) electrons. The molecule has 0 atom stereocenters. The third-order valence-corrected chi connectivity index (χ3v) is 3.18. The Morgan fingerprint density at radius 1 is 1.25 bits per heavy atom. The summed E-state index contributed by atoms with van der Waals surface area (Å²) in [6.07, 6.45) is 1.74. The van der Waals surface area contributed by atoms with Crippen LogP contribution in [-0.4, -0.2) is 18.1 Å². The van der Waals surface area contributed by atoms with E-state index >= 15 is 0 Å². The Morgan fingerprint density at radius 3 is 2.69 bits per heavy atom. The summed E-state index contributed by atoms with van der Waals surface area (Å²) < 4.78 is 0. The van der Waals surface area contributed by atoms with Crippen molar-refractivity contribution in [3.63, 3.8) is 0 Å². The lowest BCUT2D eigenvalue weighted by Gasteiger charge is -2.23. The van der Waals surface area contributed by atoms with E-state index in [0.717, 1.165) is 21.6 Å². The van der Waals surface area contributed by atoms with Crippen LogP contribution < -0.4 is 4.90 Å². The van der Waals surface area contributed by atoms with Gasteiger partial charge in [-0.05, 0) is 38.1 Å². The SMILES string of the molecule is CC(C)N(C)c1ccc2c(Cl)ccnc2c1. The molecule has 3 heteroatoms. The van der Waals surface area contributed by atoms with Gasteiger partial charge in [-0.2, -0.15) is 0 Å². The Labute approximate surface area is 101 Å². The number of nitrogens with zero attached hydrogens (tertiary/aromatic N) is 2. The molecule has 2 rings (SSSR count). The third kappa shape index (κ3) is 1.98. The maximum atomic E-state index is 6.10. The molecule has 1 aromatic heterocycles. The average Bonchev–Trinajstić information content (AvgIpc) is 2.28. The highest BCUT2D eigenvalue weighted by molar-refractivity contribution is 6.35. The number of benzene rings is 1. The van der Waals surface area contributed by atoms with Crippen LogP contribution >= 0.6 is 11.6 Å². The first-order chi connectivity index (χ1) is 7.59. The number of fused-ring (bicyclic) bond motifs is 1. The summed E-state index contributed by atoms with van der Waals surface area (Å²) in [6, 6.07) is 8.46. The first-order valence-corrected chi connectivity index (χ1v) is 5.74. The summed E-state index contributed by atoms with van der Waals surface area (Å²) in [4.78, 5) is 6.54. The van der Waals surface area contributed by atoms with E-state index in [4.69, 9.17) is 11.6 Å². The molecule has 0 aliphatic carbocycles. The maximum Gasteiger partial charge on any atom is 0.0737 e. The zero-order valence-electron chi connectivity index (χ0n) is 9.74. The number of aromatic nitrogens is 1. The van der Waals surface area contributed by atoms with Gasteiger partial charge in [0.05, 0.1) is 10.5 Å². The molecule has 0 N–H and O–H groups in total. The second-order valence-electron chi connectivity index (χ2n) is 4.20. The second kappa shape index (κ2) is 4.30. The summed E-state index contributed by atoms with van der Waals surface area (Å²) in [5.74, 6) is 0. The standard InChI is InChI=1S/C13H15ClN2/c1-9(2)16(3)10-4-5-11-12(14)6-7-15-13(11)8-10/h4-9H,1-3H3. The highest BCUT2D eigenvalue weighted by Crippen LogP contribution is 2.26. The molecule has 0 fully saturated rings. The van der Waals surface area contributed by atoms with Crippen LogP contribution in [-0.2, 0) is 0 Å². The average molecular weight is 235 g/mol. The number of pyridine rings is 1. The van der Waals surface area contributed by atoms with Gasteiger partial charge in [-0.15, -0.1) is 0 Å². The van der Waals surface area contributed by atoms with Crippen molar-refractivity contribution < 1.29 is 0 Å². The fourth-order valence-electron chi connectivity index (χ4n) is 1.62. The number of hydrogen-bond acceptors (Lipinski definition) is 2. The first kappa shape index (κ1) is 11.2. The molecule has 84 valence electrons. The topological polar surface area (TPSA) is 16.1 Å². The van der Waals surface area contributed by atoms with Crippen LogP contribution in [0.4, 0.5) is 5.69 Å². The Morgan fingerprint density at radius 2 is 2.00 bits per heavy atom. The molecule has 0 aliphatic heterocycles. The summed E-state index contributed by atoms with van der Waals surface area (Å²) in [5, 5.41) is 1.76. The van der Waals surface area contributed by atoms with E-state index in [2.05, 4.69) is 42.9 Å². The summed E-state index contributed by atoms with van der Waals surface area (Å²) in [6.45, 7) is 4.32. The van der Waals surface area contributed by atoms with Crippen LogP contribution in [0.15, 0.2) is 30.5 Å². The van der Waals surface area contributed by atoms with Gasteiger partial charge in [0.15, 0.2) is 0 Å². The van der Waals surface area contributed by atoms with E-state index < -0.39 is 0 Å². The van der Waals surface area contributed by atoms with E-state index in [0.29, 0.717) is 6.04 Å². The molecule has 2 aromatic rings. The molecule has 1 aromatic carbocycles. The highest BCUT2D eigenvalue weighted by atomic mass is 35.5. The van der Waals surface area contributed by atoms with Crippen LogP contribution in [0.5, 0.6) is 0 Å². The van der Waals surface area contributed by atoms with Crippen molar-refractivity contribution in [3.8, 4) is 0 Å². The maximum absolute atomic E-state index is 6.10. The molecule has 2 nitrogen and oxygen atoms in total. The number of halogens is 1. The molecular weight excluding hydrogens is 220 g/mol. The predicted molar refractivity (Wildman–Crippen MR) is 70.3 cm³/mol. The number of hydrogen-bond donors (Lipinski definition) is 0. The molecule has 0 aliphatic rings. The summed E-state index contributed by atoms with van der Waals surface area (Å²) in [5.41, 5.74) is 2.11. The predicted octanol–water partition coefficient (Wildman–Crippen LogP) is 3.73. The minimum absolute atomic E-state index is 0.469. The molecule has 16 heavy (non-hydrogen) atoms. The van der Waals surface area contributed by atoms with Crippen molar-refractivity contribution in [2.45, 2.75) is 19.9 Å². The fraction of sp³-hybridized carbons (Fsp3) is 0.308. The van der Waals surface area contributed by atoms with E-state index in [9.17, 15) is 0 Å². The van der Waals surface area contributed by atoms with Gasteiger partial charge in [-0.25, -0.2) is 0 Å². The Bertz CT molecular complexity index is 508. The van der Waals surface area contributed by atoms with Crippen molar-refractivity contribution in [2.75, 3.05) is 11.9 Å². The Kier molecular flexibility index (Phi) is 3.01. The second-order valence-corrected chi connectivity index (χ2v) is 4.61. The first-order valence-electron chi connectivity index (χ1n) is 5.36. The van der Waals surface area contributed by atoms with Gasteiger partial charge in [0.1, 0.15) is 0 Å². The lowest BCUT2D eigenvalue weighted by atomic mass is 10.2. The van der Waals surface area contributed by atoms with Gasteiger partial charge in [-0.3, -0.25) is 4.98 Å². The van der Waals surface area contributed by atoms with Gasteiger partial charge < -0.3 is 4.90 Å². The molecule has 0 amide bonds. The van der Waals surface area contributed by atoms with Crippen LogP contribution in [0.3, 0.4) is 0 Å². The van der Waals surface area contributed by atoms with E-state index in [1.807, 2.05) is 12.1 Å². The molecule has 0 saturated carbocycles. The van der Waals surface area contributed by atoms with Crippen LogP contribution in [0.25, 0.3) is 10.9 Å². The van der Waals surface area contributed by atoms with Crippen molar-refractivity contribution in [2.24, 2.45) is 0 Å². The summed E-state index contributed by atoms with van der Waals surface area (Å²) >= 11 is 6.10. The molecule has 0 saturated heterocycles. The summed E-state index contributed by atoms with van der Waals surface area (Å²) in [7, 11) is 2.08. The minimum atomic E-state index is 0.469. The quantitative estimate of drug-likeness (QED) is 0.787. The van der Waals surface area contributed by atoms with Crippen LogP contribution in [0, 0.1) is 0 Å². The number of rotatable bonds is 2. The van der Waals surface area contributed by atoms with Crippen LogP contribution in [0.2, 0.25) is 5.02 Å². The fourth-order valence-corrected chi connectivity index (χ4v) is 1.84. The van der Waals surface area contributed by atoms with Gasteiger partial charge in [0.2, 0.25) is 0 Å². The Hall–Kier alpha value is -1.28. The zero-order valence-corrected chi connectivity index (χ0v) is 10.5.